The molecule has 0 atom stereocenters. The van der Waals surface area contributed by atoms with Crippen molar-refractivity contribution in [3.63, 3.8) is 0 Å². The molecule has 98 valence electrons. The lowest BCUT2D eigenvalue weighted by Crippen LogP contribution is -2.15. The van der Waals surface area contributed by atoms with E-state index in [2.05, 4.69) is 12.4 Å². The summed E-state index contributed by atoms with van der Waals surface area (Å²) in [6.07, 6.45) is 13.9. The Hall–Kier alpha value is -0.0800. The predicted molar refractivity (Wildman–Crippen MR) is 71.5 cm³/mol. The quantitative estimate of drug-likeness (QED) is 0.372. The number of rotatable bonds is 13. The van der Waals surface area contributed by atoms with Gasteiger partial charge in [-0.15, -0.1) is 0 Å². The highest BCUT2D eigenvalue weighted by atomic mass is 16.6. The van der Waals surface area contributed by atoms with Crippen LogP contribution in [0, 0.1) is 0 Å². The van der Waals surface area contributed by atoms with Crippen molar-refractivity contribution in [3.8, 4) is 0 Å². The van der Waals surface area contributed by atoms with Crippen molar-refractivity contribution < 1.29 is 4.84 Å². The van der Waals surface area contributed by atoms with Gasteiger partial charge in [-0.05, 0) is 13.3 Å². The van der Waals surface area contributed by atoms with Gasteiger partial charge in [-0.25, -0.2) is 5.48 Å². The molecule has 1 N–H and O–H groups in total. The Morgan fingerprint density at radius 2 is 1.19 bits per heavy atom. The Morgan fingerprint density at radius 1 is 0.688 bits per heavy atom. The molecule has 0 aromatic rings. The van der Waals surface area contributed by atoms with Gasteiger partial charge in [-0.1, -0.05) is 64.7 Å². The largest absolute Gasteiger partial charge is 0.302 e. The van der Waals surface area contributed by atoms with Crippen molar-refractivity contribution in [1.82, 2.24) is 5.48 Å². The fraction of sp³-hybridized carbons (Fsp3) is 1.00. The van der Waals surface area contributed by atoms with E-state index >= 15 is 0 Å². The van der Waals surface area contributed by atoms with Crippen LogP contribution in [-0.2, 0) is 4.84 Å². The topological polar surface area (TPSA) is 21.3 Å². The molecule has 2 nitrogen and oxygen atoms in total. The molecule has 0 unspecified atom stereocenters. The maximum Gasteiger partial charge on any atom is 0.0653 e. The van der Waals surface area contributed by atoms with Crippen LogP contribution in [-0.4, -0.2) is 13.2 Å². The van der Waals surface area contributed by atoms with Crippen LogP contribution in [0.15, 0.2) is 0 Å². The first-order valence-corrected chi connectivity index (χ1v) is 7.26. The molecule has 16 heavy (non-hydrogen) atoms. The molecule has 0 amide bonds. The Bertz CT molecular complexity index is 103. The molecule has 0 aromatic heterocycles. The van der Waals surface area contributed by atoms with E-state index in [1.54, 1.807) is 0 Å². The lowest BCUT2D eigenvalue weighted by atomic mass is 10.1. The van der Waals surface area contributed by atoms with Crippen molar-refractivity contribution in [2.45, 2.75) is 78.1 Å². The Labute approximate surface area is 102 Å². The maximum atomic E-state index is 5.07. The summed E-state index contributed by atoms with van der Waals surface area (Å²) < 4.78 is 0. The first-order valence-electron chi connectivity index (χ1n) is 7.26. The highest BCUT2D eigenvalue weighted by Gasteiger charge is 1.92. The lowest BCUT2D eigenvalue weighted by molar-refractivity contribution is 0.0500. The lowest BCUT2D eigenvalue weighted by Gasteiger charge is -2.03. The molecule has 2 heteroatoms. The standard InChI is InChI=1S/C14H31NO/c1-3-5-6-7-8-9-10-11-12-13-14-15-16-4-2/h15H,3-14H2,1-2H3. The molecular formula is C14H31NO. The van der Waals surface area contributed by atoms with Gasteiger partial charge >= 0.3 is 0 Å². The molecule has 0 spiro atoms. The fourth-order valence-electron chi connectivity index (χ4n) is 1.86. The van der Waals surface area contributed by atoms with Gasteiger partial charge in [-0.2, -0.15) is 0 Å². The SMILES string of the molecule is CCCCCCCCCCCCNOCC. The van der Waals surface area contributed by atoms with Gasteiger partial charge < -0.3 is 4.84 Å². The maximum absolute atomic E-state index is 5.07. The van der Waals surface area contributed by atoms with E-state index in [0.717, 1.165) is 13.2 Å². The second-order valence-corrected chi connectivity index (χ2v) is 4.51. The summed E-state index contributed by atoms with van der Waals surface area (Å²) in [6, 6.07) is 0. The van der Waals surface area contributed by atoms with Gasteiger partial charge in [0.25, 0.3) is 0 Å². The van der Waals surface area contributed by atoms with Gasteiger partial charge in [0.15, 0.2) is 0 Å². The minimum Gasteiger partial charge on any atom is -0.302 e. The van der Waals surface area contributed by atoms with Gasteiger partial charge in [0.2, 0.25) is 0 Å². The summed E-state index contributed by atoms with van der Waals surface area (Å²) >= 11 is 0. The summed E-state index contributed by atoms with van der Waals surface area (Å²) in [5.74, 6) is 0. The zero-order valence-electron chi connectivity index (χ0n) is 11.4. The molecule has 0 heterocycles. The normalized spacial score (nSPS) is 10.9. The third-order valence-corrected chi connectivity index (χ3v) is 2.88. The minimum absolute atomic E-state index is 0.762. The third-order valence-electron chi connectivity index (χ3n) is 2.88. The smallest absolute Gasteiger partial charge is 0.0653 e. The zero-order valence-corrected chi connectivity index (χ0v) is 11.4. The van der Waals surface area contributed by atoms with Crippen molar-refractivity contribution in [2.24, 2.45) is 0 Å². The van der Waals surface area contributed by atoms with Crippen LogP contribution < -0.4 is 5.48 Å². The van der Waals surface area contributed by atoms with Crippen LogP contribution in [0.3, 0.4) is 0 Å². The summed E-state index contributed by atoms with van der Waals surface area (Å²) in [5.41, 5.74) is 2.96. The summed E-state index contributed by atoms with van der Waals surface area (Å²) in [6.45, 7) is 6.05. The van der Waals surface area contributed by atoms with Gasteiger partial charge in [0, 0.05) is 6.54 Å². The monoisotopic (exact) mass is 229 g/mol. The van der Waals surface area contributed by atoms with E-state index in [1.807, 2.05) is 6.92 Å². The molecule has 0 radical (unpaired) electrons. The molecule has 0 rings (SSSR count). The average molecular weight is 229 g/mol. The number of unbranched alkanes of at least 4 members (excludes halogenated alkanes) is 9. The molecule has 0 aliphatic heterocycles. The van der Waals surface area contributed by atoms with Crippen molar-refractivity contribution >= 4 is 0 Å². The number of hydrogen-bond acceptors (Lipinski definition) is 2. The second-order valence-electron chi connectivity index (χ2n) is 4.51. The first-order chi connectivity index (χ1) is 7.91. The van der Waals surface area contributed by atoms with E-state index in [0.29, 0.717) is 0 Å². The number of nitrogens with one attached hydrogen (secondary N) is 1. The van der Waals surface area contributed by atoms with Crippen molar-refractivity contribution in [1.29, 1.82) is 0 Å². The van der Waals surface area contributed by atoms with Gasteiger partial charge in [0.1, 0.15) is 0 Å². The van der Waals surface area contributed by atoms with E-state index < -0.39 is 0 Å². The first kappa shape index (κ1) is 15.9. The van der Waals surface area contributed by atoms with E-state index in [-0.39, 0.29) is 0 Å². The zero-order chi connectivity index (χ0) is 11.9. The van der Waals surface area contributed by atoms with Crippen molar-refractivity contribution in [3.05, 3.63) is 0 Å². The van der Waals surface area contributed by atoms with Crippen LogP contribution in [0.1, 0.15) is 78.1 Å². The minimum atomic E-state index is 0.762. The van der Waals surface area contributed by atoms with Gasteiger partial charge in [0.05, 0.1) is 6.61 Å². The Kier molecular flexibility index (Phi) is 14.8. The van der Waals surface area contributed by atoms with E-state index in [1.165, 1.54) is 64.2 Å². The molecule has 0 fully saturated rings. The Morgan fingerprint density at radius 3 is 1.69 bits per heavy atom. The third kappa shape index (κ3) is 13.9. The van der Waals surface area contributed by atoms with Crippen LogP contribution >= 0.6 is 0 Å². The summed E-state index contributed by atoms with van der Waals surface area (Å²) in [5, 5.41) is 0. The number of hydrogen-bond donors (Lipinski definition) is 1. The average Bonchev–Trinajstić information content (AvgIpc) is 2.31. The molecule has 0 bridgehead atoms. The summed E-state index contributed by atoms with van der Waals surface area (Å²) in [4.78, 5) is 5.07. The van der Waals surface area contributed by atoms with E-state index in [4.69, 9.17) is 4.84 Å². The van der Waals surface area contributed by atoms with Crippen LogP contribution in [0.25, 0.3) is 0 Å². The molecule has 0 saturated carbocycles. The van der Waals surface area contributed by atoms with Gasteiger partial charge in [-0.3, -0.25) is 0 Å². The molecule has 0 saturated heterocycles. The van der Waals surface area contributed by atoms with Crippen LogP contribution in [0.2, 0.25) is 0 Å². The fourth-order valence-corrected chi connectivity index (χ4v) is 1.86. The predicted octanol–water partition coefficient (Wildman–Crippen LogP) is 4.45. The van der Waals surface area contributed by atoms with Crippen LogP contribution in [0.4, 0.5) is 0 Å². The molecular weight excluding hydrogens is 198 g/mol. The second kappa shape index (κ2) is 14.9. The highest BCUT2D eigenvalue weighted by molar-refractivity contribution is 4.47. The molecule has 0 aromatic carbocycles. The van der Waals surface area contributed by atoms with Crippen LogP contribution in [0.5, 0.6) is 0 Å². The number of hydroxylamine groups is 1. The van der Waals surface area contributed by atoms with E-state index in [9.17, 15) is 0 Å². The molecule has 0 aliphatic carbocycles. The molecule has 0 aliphatic rings. The Balaban J connectivity index is 2.83. The summed E-state index contributed by atoms with van der Waals surface area (Å²) in [7, 11) is 0. The highest BCUT2D eigenvalue weighted by Crippen LogP contribution is 2.10. The van der Waals surface area contributed by atoms with Crippen molar-refractivity contribution in [2.75, 3.05) is 13.2 Å².